The summed E-state index contributed by atoms with van der Waals surface area (Å²) in [4.78, 5) is 13.3. The van der Waals surface area contributed by atoms with Crippen LogP contribution >= 0.6 is 0 Å². The predicted molar refractivity (Wildman–Crippen MR) is 59.4 cm³/mol. The molecule has 4 nitrogen and oxygen atoms in total. The number of carbonyl (C=O) groups is 1. The minimum atomic E-state index is -0.193. The highest BCUT2D eigenvalue weighted by molar-refractivity contribution is 5.76. The summed E-state index contributed by atoms with van der Waals surface area (Å²) in [5, 5.41) is 3.57. The molecule has 0 bridgehead atoms. The molecule has 2 fully saturated rings. The molecular weight excluding hydrogens is 190 g/mol. The Balaban J connectivity index is 2.02. The molecule has 2 heterocycles. The van der Waals surface area contributed by atoms with Gasteiger partial charge in [0.15, 0.2) is 0 Å². The Hall–Kier alpha value is -0.610. The topological polar surface area (TPSA) is 58.4 Å². The van der Waals surface area contributed by atoms with E-state index in [-0.39, 0.29) is 5.91 Å². The second-order valence-corrected chi connectivity index (χ2v) is 4.70. The van der Waals surface area contributed by atoms with Crippen LogP contribution in [0.1, 0.15) is 32.1 Å². The van der Waals surface area contributed by atoms with Crippen molar-refractivity contribution < 1.29 is 4.79 Å². The van der Waals surface area contributed by atoms with E-state index in [0.29, 0.717) is 18.6 Å². The summed E-state index contributed by atoms with van der Waals surface area (Å²) in [6.45, 7) is 2.60. The standard InChI is InChI=1S/C11H21N3O/c12-11(15)8-14-7-2-1-4-9-10(14)5-3-6-13-9/h9-10,13H,1-8H2,(H2,12,15)/t9-,10-/m1/s1. The first-order valence-corrected chi connectivity index (χ1v) is 6.03. The van der Waals surface area contributed by atoms with Crippen molar-refractivity contribution in [3.05, 3.63) is 0 Å². The minimum Gasteiger partial charge on any atom is -0.369 e. The van der Waals surface area contributed by atoms with Crippen molar-refractivity contribution in [1.29, 1.82) is 0 Å². The van der Waals surface area contributed by atoms with Crippen LogP contribution in [0.25, 0.3) is 0 Å². The molecular formula is C11H21N3O. The highest BCUT2D eigenvalue weighted by atomic mass is 16.1. The highest BCUT2D eigenvalue weighted by Gasteiger charge is 2.31. The molecule has 0 unspecified atom stereocenters. The average Bonchev–Trinajstić information content (AvgIpc) is 2.41. The molecule has 0 spiro atoms. The number of nitrogens with one attached hydrogen (secondary N) is 1. The van der Waals surface area contributed by atoms with Crippen molar-refractivity contribution in [3.63, 3.8) is 0 Å². The number of nitrogens with zero attached hydrogens (tertiary/aromatic N) is 1. The first kappa shape index (κ1) is 10.9. The summed E-state index contributed by atoms with van der Waals surface area (Å²) < 4.78 is 0. The molecule has 1 amide bonds. The van der Waals surface area contributed by atoms with Gasteiger partial charge in [0.2, 0.25) is 5.91 Å². The Labute approximate surface area is 91.2 Å². The van der Waals surface area contributed by atoms with Crippen molar-refractivity contribution in [2.24, 2.45) is 5.73 Å². The van der Waals surface area contributed by atoms with Crippen LogP contribution in [0.4, 0.5) is 0 Å². The molecule has 0 radical (unpaired) electrons. The lowest BCUT2D eigenvalue weighted by atomic mass is 9.95. The third-order valence-electron chi connectivity index (χ3n) is 3.59. The molecule has 15 heavy (non-hydrogen) atoms. The molecule has 2 atom stereocenters. The van der Waals surface area contributed by atoms with E-state index in [2.05, 4.69) is 10.2 Å². The van der Waals surface area contributed by atoms with Crippen molar-refractivity contribution in [1.82, 2.24) is 10.2 Å². The van der Waals surface area contributed by atoms with E-state index in [0.717, 1.165) is 13.1 Å². The van der Waals surface area contributed by atoms with Gasteiger partial charge < -0.3 is 11.1 Å². The van der Waals surface area contributed by atoms with Gasteiger partial charge in [0.25, 0.3) is 0 Å². The van der Waals surface area contributed by atoms with E-state index < -0.39 is 0 Å². The maximum Gasteiger partial charge on any atom is 0.231 e. The Bertz CT molecular complexity index is 232. The Kier molecular flexibility index (Phi) is 3.59. The van der Waals surface area contributed by atoms with Crippen LogP contribution < -0.4 is 11.1 Å². The summed E-state index contributed by atoms with van der Waals surface area (Å²) in [5.74, 6) is -0.193. The van der Waals surface area contributed by atoms with E-state index >= 15 is 0 Å². The molecule has 2 rings (SSSR count). The number of hydrogen-bond donors (Lipinski definition) is 2. The van der Waals surface area contributed by atoms with Crippen LogP contribution in [-0.2, 0) is 4.79 Å². The fourth-order valence-corrected chi connectivity index (χ4v) is 2.91. The van der Waals surface area contributed by atoms with Gasteiger partial charge in [-0.1, -0.05) is 6.42 Å². The number of fused-ring (bicyclic) bond motifs is 1. The lowest BCUT2D eigenvalue weighted by molar-refractivity contribution is -0.119. The van der Waals surface area contributed by atoms with E-state index in [1.165, 1.54) is 32.1 Å². The highest BCUT2D eigenvalue weighted by Crippen LogP contribution is 2.23. The van der Waals surface area contributed by atoms with Gasteiger partial charge in [-0.3, -0.25) is 9.69 Å². The summed E-state index contributed by atoms with van der Waals surface area (Å²) in [6, 6.07) is 1.12. The van der Waals surface area contributed by atoms with Gasteiger partial charge >= 0.3 is 0 Å². The molecule has 0 saturated carbocycles. The molecule has 86 valence electrons. The number of carbonyl (C=O) groups excluding carboxylic acids is 1. The summed E-state index contributed by atoms with van der Waals surface area (Å²) >= 11 is 0. The van der Waals surface area contributed by atoms with Crippen LogP contribution in [0, 0.1) is 0 Å². The van der Waals surface area contributed by atoms with Gasteiger partial charge in [-0.05, 0) is 38.8 Å². The zero-order chi connectivity index (χ0) is 10.7. The maximum absolute atomic E-state index is 11.0. The fraction of sp³-hybridized carbons (Fsp3) is 0.909. The molecule has 2 aliphatic rings. The van der Waals surface area contributed by atoms with E-state index in [1.807, 2.05) is 0 Å². The largest absolute Gasteiger partial charge is 0.369 e. The first-order chi connectivity index (χ1) is 7.27. The molecule has 0 aliphatic carbocycles. The van der Waals surface area contributed by atoms with Crippen molar-refractivity contribution in [2.75, 3.05) is 19.6 Å². The molecule has 0 aromatic rings. The number of amides is 1. The summed E-state index contributed by atoms with van der Waals surface area (Å²) in [5.41, 5.74) is 5.30. The molecule has 0 aromatic heterocycles. The van der Waals surface area contributed by atoms with Crippen LogP contribution in [0.15, 0.2) is 0 Å². The van der Waals surface area contributed by atoms with Crippen LogP contribution in [0.2, 0.25) is 0 Å². The lowest BCUT2D eigenvalue weighted by Crippen LogP contribution is -2.54. The number of piperidine rings is 1. The van der Waals surface area contributed by atoms with Crippen molar-refractivity contribution in [3.8, 4) is 0 Å². The molecule has 2 aliphatic heterocycles. The van der Waals surface area contributed by atoms with Gasteiger partial charge in [-0.15, -0.1) is 0 Å². The van der Waals surface area contributed by atoms with Crippen LogP contribution in [0.5, 0.6) is 0 Å². The number of hydrogen-bond acceptors (Lipinski definition) is 3. The normalized spacial score (nSPS) is 33.1. The van der Waals surface area contributed by atoms with E-state index in [1.54, 1.807) is 0 Å². The fourth-order valence-electron chi connectivity index (χ4n) is 2.91. The second-order valence-electron chi connectivity index (χ2n) is 4.70. The smallest absolute Gasteiger partial charge is 0.231 e. The predicted octanol–water partition coefficient (Wildman–Crippen LogP) is 0.0782. The van der Waals surface area contributed by atoms with Gasteiger partial charge in [0.05, 0.1) is 6.54 Å². The average molecular weight is 211 g/mol. The number of nitrogens with two attached hydrogens (primary N) is 1. The van der Waals surface area contributed by atoms with Gasteiger partial charge in [0, 0.05) is 12.1 Å². The Morgan fingerprint density at radius 2 is 2.20 bits per heavy atom. The van der Waals surface area contributed by atoms with E-state index in [9.17, 15) is 4.79 Å². The third kappa shape index (κ3) is 2.69. The lowest BCUT2D eigenvalue weighted by Gasteiger charge is -2.38. The first-order valence-electron chi connectivity index (χ1n) is 6.03. The van der Waals surface area contributed by atoms with Gasteiger partial charge in [-0.2, -0.15) is 0 Å². The molecule has 4 heteroatoms. The Morgan fingerprint density at radius 1 is 1.33 bits per heavy atom. The SMILES string of the molecule is NC(=O)CN1CCCC[C@H]2NCCC[C@H]21. The van der Waals surface area contributed by atoms with Gasteiger partial charge in [-0.25, -0.2) is 0 Å². The second kappa shape index (κ2) is 4.94. The van der Waals surface area contributed by atoms with Crippen LogP contribution in [-0.4, -0.2) is 42.5 Å². The zero-order valence-corrected chi connectivity index (χ0v) is 9.24. The van der Waals surface area contributed by atoms with E-state index in [4.69, 9.17) is 5.73 Å². The minimum absolute atomic E-state index is 0.193. The molecule has 2 saturated heterocycles. The summed E-state index contributed by atoms with van der Waals surface area (Å²) in [7, 11) is 0. The summed E-state index contributed by atoms with van der Waals surface area (Å²) in [6.07, 6.45) is 6.15. The third-order valence-corrected chi connectivity index (χ3v) is 3.59. The zero-order valence-electron chi connectivity index (χ0n) is 9.24. The molecule has 3 N–H and O–H groups in total. The number of primary amides is 1. The quantitative estimate of drug-likeness (QED) is 0.680. The van der Waals surface area contributed by atoms with Crippen molar-refractivity contribution >= 4 is 5.91 Å². The monoisotopic (exact) mass is 211 g/mol. The molecule has 0 aromatic carbocycles. The van der Waals surface area contributed by atoms with Crippen LogP contribution in [0.3, 0.4) is 0 Å². The number of rotatable bonds is 2. The Morgan fingerprint density at radius 3 is 3.00 bits per heavy atom. The maximum atomic E-state index is 11.0. The number of likely N-dealkylation sites (tertiary alicyclic amines) is 1. The van der Waals surface area contributed by atoms with Gasteiger partial charge in [0.1, 0.15) is 0 Å². The van der Waals surface area contributed by atoms with Crippen molar-refractivity contribution in [2.45, 2.75) is 44.2 Å².